The van der Waals surface area contributed by atoms with Crippen molar-refractivity contribution in [3.8, 4) is 28.1 Å². The van der Waals surface area contributed by atoms with Crippen molar-refractivity contribution >= 4 is 22.5 Å². The highest BCUT2D eigenvalue weighted by molar-refractivity contribution is 6.31. The van der Waals surface area contributed by atoms with Crippen LogP contribution in [0.5, 0.6) is 5.75 Å². The minimum absolute atomic E-state index is 0. The lowest BCUT2D eigenvalue weighted by Crippen LogP contribution is -3.00. The minimum atomic E-state index is -0.281. The van der Waals surface area contributed by atoms with Crippen molar-refractivity contribution in [1.29, 1.82) is 0 Å². The highest BCUT2D eigenvalue weighted by Crippen LogP contribution is 2.35. The number of ether oxygens (including phenoxy) is 1. The summed E-state index contributed by atoms with van der Waals surface area (Å²) >= 11 is 6.18. The zero-order valence-corrected chi connectivity index (χ0v) is 15.9. The van der Waals surface area contributed by atoms with E-state index in [4.69, 9.17) is 21.3 Å². The number of halogens is 3. The molecular weight excluding hydrogens is 384 g/mol. The predicted octanol–water partition coefficient (Wildman–Crippen LogP) is 3.37. The summed E-state index contributed by atoms with van der Waals surface area (Å²) in [5, 5.41) is 1.40. The van der Waals surface area contributed by atoms with Crippen LogP contribution in [0.15, 0.2) is 72.8 Å². The number of methoxy groups -OCH3 is 1. The second kappa shape index (κ2) is 7.95. The Morgan fingerprint density at radius 2 is 1.70 bits per heavy atom. The first-order valence-electron chi connectivity index (χ1n) is 8.15. The van der Waals surface area contributed by atoms with E-state index in [1.54, 1.807) is 25.3 Å². The smallest absolute Gasteiger partial charge is 0.131 e. The molecule has 0 atom stereocenters. The molecule has 0 aliphatic heterocycles. The SMILES string of the molecule is COc1cccc(-c2cc(-c3ccccc3F)c3cc(Cl)ccc3n2)c1.[Cl-]. The average molecular weight is 399 g/mol. The summed E-state index contributed by atoms with van der Waals surface area (Å²) in [6.07, 6.45) is 0. The van der Waals surface area contributed by atoms with Crippen LogP contribution < -0.4 is 17.1 Å². The summed E-state index contributed by atoms with van der Waals surface area (Å²) in [7, 11) is 1.62. The van der Waals surface area contributed by atoms with Crippen LogP contribution in [0.4, 0.5) is 4.39 Å². The molecular formula is C22H15Cl2FNO-. The Morgan fingerprint density at radius 3 is 2.48 bits per heavy atom. The Bertz CT molecular complexity index is 1110. The maximum atomic E-state index is 14.5. The Kier molecular flexibility index (Phi) is 5.64. The molecule has 0 amide bonds. The molecule has 0 unspecified atom stereocenters. The van der Waals surface area contributed by atoms with Gasteiger partial charge in [0.25, 0.3) is 0 Å². The van der Waals surface area contributed by atoms with Gasteiger partial charge in [0.05, 0.1) is 18.3 Å². The van der Waals surface area contributed by atoms with Crippen molar-refractivity contribution in [3.63, 3.8) is 0 Å². The molecule has 4 aromatic rings. The van der Waals surface area contributed by atoms with Crippen LogP contribution in [-0.4, -0.2) is 12.1 Å². The molecule has 0 saturated carbocycles. The molecule has 0 aliphatic rings. The van der Waals surface area contributed by atoms with E-state index in [-0.39, 0.29) is 18.2 Å². The number of nitrogens with zero attached hydrogens (tertiary/aromatic N) is 1. The molecule has 4 rings (SSSR count). The molecule has 27 heavy (non-hydrogen) atoms. The summed E-state index contributed by atoms with van der Waals surface area (Å²) in [6.45, 7) is 0. The summed E-state index contributed by atoms with van der Waals surface area (Å²) in [4.78, 5) is 4.74. The maximum Gasteiger partial charge on any atom is 0.131 e. The topological polar surface area (TPSA) is 22.1 Å². The maximum absolute atomic E-state index is 14.5. The second-order valence-corrected chi connectivity index (χ2v) is 6.36. The van der Waals surface area contributed by atoms with Crippen LogP contribution >= 0.6 is 11.6 Å². The fourth-order valence-electron chi connectivity index (χ4n) is 3.03. The number of hydrogen-bond donors (Lipinski definition) is 0. The number of rotatable bonds is 3. The molecule has 3 aromatic carbocycles. The van der Waals surface area contributed by atoms with Crippen molar-refractivity contribution in [2.75, 3.05) is 7.11 Å². The van der Waals surface area contributed by atoms with Gasteiger partial charge in [0, 0.05) is 21.5 Å². The second-order valence-electron chi connectivity index (χ2n) is 5.93. The normalized spacial score (nSPS) is 10.5. The first-order valence-corrected chi connectivity index (χ1v) is 8.53. The molecule has 136 valence electrons. The van der Waals surface area contributed by atoms with Gasteiger partial charge in [0.15, 0.2) is 0 Å². The molecule has 0 aliphatic carbocycles. The van der Waals surface area contributed by atoms with Gasteiger partial charge in [-0.3, -0.25) is 0 Å². The Balaban J connectivity index is 0.00000210. The molecule has 0 saturated heterocycles. The molecule has 0 N–H and O–H groups in total. The third kappa shape index (κ3) is 3.75. The Labute approximate surface area is 168 Å². The van der Waals surface area contributed by atoms with E-state index in [1.165, 1.54) is 6.07 Å². The lowest BCUT2D eigenvalue weighted by atomic mass is 9.98. The van der Waals surface area contributed by atoms with Gasteiger partial charge in [0.1, 0.15) is 11.6 Å². The Hall–Kier alpha value is -2.62. The van der Waals surface area contributed by atoms with Gasteiger partial charge in [-0.1, -0.05) is 41.9 Å². The van der Waals surface area contributed by atoms with Gasteiger partial charge in [-0.2, -0.15) is 0 Å². The van der Waals surface area contributed by atoms with E-state index in [0.29, 0.717) is 10.6 Å². The van der Waals surface area contributed by atoms with Gasteiger partial charge in [0.2, 0.25) is 0 Å². The van der Waals surface area contributed by atoms with E-state index in [0.717, 1.165) is 33.5 Å². The van der Waals surface area contributed by atoms with E-state index in [9.17, 15) is 4.39 Å². The molecule has 1 heterocycles. The first-order chi connectivity index (χ1) is 12.7. The van der Waals surface area contributed by atoms with Crippen LogP contribution in [0, 0.1) is 5.82 Å². The van der Waals surface area contributed by atoms with Gasteiger partial charge in [-0.25, -0.2) is 9.37 Å². The average Bonchev–Trinajstić information content (AvgIpc) is 2.68. The molecule has 1 aromatic heterocycles. The van der Waals surface area contributed by atoms with Gasteiger partial charge in [-0.05, 0) is 48.0 Å². The van der Waals surface area contributed by atoms with Crippen LogP contribution in [0.1, 0.15) is 0 Å². The van der Waals surface area contributed by atoms with E-state index >= 15 is 0 Å². The van der Waals surface area contributed by atoms with Crippen LogP contribution in [-0.2, 0) is 0 Å². The molecule has 0 spiro atoms. The number of pyridine rings is 1. The van der Waals surface area contributed by atoms with E-state index in [1.807, 2.05) is 48.5 Å². The molecule has 0 radical (unpaired) electrons. The third-order valence-electron chi connectivity index (χ3n) is 4.30. The monoisotopic (exact) mass is 398 g/mol. The highest BCUT2D eigenvalue weighted by Gasteiger charge is 2.13. The largest absolute Gasteiger partial charge is 1.00 e. The fourth-order valence-corrected chi connectivity index (χ4v) is 3.20. The lowest BCUT2D eigenvalue weighted by Gasteiger charge is -2.12. The number of hydrogen-bond acceptors (Lipinski definition) is 2. The summed E-state index contributed by atoms with van der Waals surface area (Å²) in [6, 6.07) is 21.7. The third-order valence-corrected chi connectivity index (χ3v) is 4.54. The minimum Gasteiger partial charge on any atom is -1.00 e. The zero-order valence-electron chi connectivity index (χ0n) is 14.4. The predicted molar refractivity (Wildman–Crippen MR) is 104 cm³/mol. The van der Waals surface area contributed by atoms with Crippen molar-refractivity contribution in [3.05, 3.63) is 83.6 Å². The van der Waals surface area contributed by atoms with Crippen molar-refractivity contribution in [2.24, 2.45) is 0 Å². The van der Waals surface area contributed by atoms with Crippen molar-refractivity contribution in [1.82, 2.24) is 4.98 Å². The van der Waals surface area contributed by atoms with Crippen LogP contribution in [0.3, 0.4) is 0 Å². The van der Waals surface area contributed by atoms with E-state index in [2.05, 4.69) is 0 Å². The van der Waals surface area contributed by atoms with Gasteiger partial charge in [-0.15, -0.1) is 0 Å². The van der Waals surface area contributed by atoms with Gasteiger partial charge >= 0.3 is 0 Å². The molecule has 2 nitrogen and oxygen atoms in total. The fraction of sp³-hybridized carbons (Fsp3) is 0.0455. The summed E-state index contributed by atoms with van der Waals surface area (Å²) in [5.41, 5.74) is 3.68. The van der Waals surface area contributed by atoms with Crippen LogP contribution in [0.25, 0.3) is 33.3 Å². The standard InChI is InChI=1S/C22H15ClFNO.ClH/c1-26-16-6-4-5-14(11-16)22-13-18(17-7-2-3-8-20(17)24)19-12-15(23)9-10-21(19)25-22;/h2-13H,1H3;1H/p-1. The highest BCUT2D eigenvalue weighted by atomic mass is 35.5. The lowest BCUT2D eigenvalue weighted by molar-refractivity contribution is -0.00000590. The summed E-state index contributed by atoms with van der Waals surface area (Å²) in [5.74, 6) is 0.463. The molecule has 0 bridgehead atoms. The van der Waals surface area contributed by atoms with Crippen molar-refractivity contribution in [2.45, 2.75) is 0 Å². The number of fused-ring (bicyclic) bond motifs is 1. The number of benzene rings is 3. The Morgan fingerprint density at radius 1 is 0.889 bits per heavy atom. The quantitative estimate of drug-likeness (QED) is 0.527. The zero-order chi connectivity index (χ0) is 18.1. The first kappa shape index (κ1) is 19.2. The van der Waals surface area contributed by atoms with Crippen LogP contribution in [0.2, 0.25) is 5.02 Å². The molecule has 5 heteroatoms. The molecule has 0 fully saturated rings. The van der Waals surface area contributed by atoms with E-state index < -0.39 is 0 Å². The number of aromatic nitrogens is 1. The van der Waals surface area contributed by atoms with Gasteiger partial charge < -0.3 is 17.1 Å². The van der Waals surface area contributed by atoms with Crippen molar-refractivity contribution < 1.29 is 21.5 Å². The summed E-state index contributed by atoms with van der Waals surface area (Å²) < 4.78 is 19.8.